The highest BCUT2D eigenvalue weighted by molar-refractivity contribution is 7.89. The van der Waals surface area contributed by atoms with Gasteiger partial charge in [0.25, 0.3) is 0 Å². The van der Waals surface area contributed by atoms with E-state index in [1.807, 2.05) is 51.3 Å². The Morgan fingerprint density at radius 2 is 1.80 bits per heavy atom. The monoisotopic (exact) mass is 379 g/mol. The molecular weight excluding hydrogens is 354 g/mol. The van der Waals surface area contributed by atoms with E-state index in [2.05, 4.69) is 4.72 Å². The fourth-order valence-corrected chi connectivity index (χ4v) is 5.97. The zero-order valence-electron chi connectivity index (χ0n) is 15.1. The molecule has 136 valence electrons. The van der Waals surface area contributed by atoms with Crippen molar-refractivity contribution in [1.82, 2.24) is 4.72 Å². The average molecular weight is 380 g/mol. The summed E-state index contributed by atoms with van der Waals surface area (Å²) in [6.07, 6.45) is 1.86. The fraction of sp³-hybridized carbons (Fsp3) is 0.474. The minimum absolute atomic E-state index is 0.00633. The Bertz CT molecular complexity index is 858. The number of nitrogens with one attached hydrogen (secondary N) is 1. The van der Waals surface area contributed by atoms with Crippen molar-refractivity contribution in [2.45, 2.75) is 51.0 Å². The molecule has 0 spiro atoms. The maximum absolute atomic E-state index is 13.0. The Morgan fingerprint density at radius 3 is 2.28 bits per heavy atom. The van der Waals surface area contributed by atoms with Crippen molar-refractivity contribution in [2.24, 2.45) is 5.92 Å². The lowest BCUT2D eigenvalue weighted by molar-refractivity contribution is 0.0222. The Balaban J connectivity index is 1.93. The van der Waals surface area contributed by atoms with Gasteiger partial charge >= 0.3 is 0 Å². The molecular formula is C19H25NO3S2. The van der Waals surface area contributed by atoms with Crippen LogP contribution in [0.15, 0.2) is 28.5 Å². The number of sulfonamides is 1. The van der Waals surface area contributed by atoms with E-state index in [4.69, 9.17) is 0 Å². The molecule has 2 N–H and O–H groups in total. The van der Waals surface area contributed by atoms with Crippen LogP contribution in [0.2, 0.25) is 0 Å². The van der Waals surface area contributed by atoms with Gasteiger partial charge in [-0.3, -0.25) is 0 Å². The van der Waals surface area contributed by atoms with E-state index in [0.717, 1.165) is 40.0 Å². The number of rotatable bonds is 6. The minimum atomic E-state index is -3.70. The molecule has 1 atom stereocenters. The van der Waals surface area contributed by atoms with Crippen molar-refractivity contribution in [3.05, 3.63) is 50.7 Å². The maximum atomic E-state index is 13.0. The highest BCUT2D eigenvalue weighted by Crippen LogP contribution is 2.47. The van der Waals surface area contributed by atoms with Crippen LogP contribution in [0.25, 0.3) is 0 Å². The molecule has 0 amide bonds. The first kappa shape index (κ1) is 18.6. The summed E-state index contributed by atoms with van der Waals surface area (Å²) in [7, 11) is -3.70. The first-order chi connectivity index (χ1) is 11.7. The first-order valence-corrected chi connectivity index (χ1v) is 10.9. The van der Waals surface area contributed by atoms with Crippen LogP contribution < -0.4 is 4.72 Å². The van der Waals surface area contributed by atoms with E-state index < -0.39 is 15.6 Å². The SMILES string of the molecule is Cc1cc(C)c(C)c(S(=O)(=O)NCC(O)(c2cccs2)C2CC2)c1C. The van der Waals surface area contributed by atoms with E-state index >= 15 is 0 Å². The van der Waals surface area contributed by atoms with Crippen molar-refractivity contribution in [3.8, 4) is 0 Å². The topological polar surface area (TPSA) is 66.4 Å². The lowest BCUT2D eigenvalue weighted by Crippen LogP contribution is -2.42. The minimum Gasteiger partial charge on any atom is -0.383 e. The van der Waals surface area contributed by atoms with Gasteiger partial charge in [-0.2, -0.15) is 0 Å². The number of thiophene rings is 1. The van der Waals surface area contributed by atoms with Crippen molar-refractivity contribution in [3.63, 3.8) is 0 Å². The second kappa shape index (κ2) is 6.50. The normalized spacial score (nSPS) is 17.5. The van der Waals surface area contributed by atoms with Crippen LogP contribution in [-0.2, 0) is 15.6 Å². The van der Waals surface area contributed by atoms with Crippen molar-refractivity contribution < 1.29 is 13.5 Å². The van der Waals surface area contributed by atoms with E-state index in [9.17, 15) is 13.5 Å². The molecule has 6 heteroatoms. The summed E-state index contributed by atoms with van der Waals surface area (Å²) in [4.78, 5) is 1.17. The molecule has 1 unspecified atom stereocenters. The highest BCUT2D eigenvalue weighted by atomic mass is 32.2. The van der Waals surface area contributed by atoms with Crippen molar-refractivity contribution >= 4 is 21.4 Å². The summed E-state index contributed by atoms with van der Waals surface area (Å²) in [5.41, 5.74) is 2.32. The highest BCUT2D eigenvalue weighted by Gasteiger charge is 2.46. The van der Waals surface area contributed by atoms with E-state index in [1.165, 1.54) is 11.3 Å². The lowest BCUT2D eigenvalue weighted by atomic mass is 9.96. The Morgan fingerprint density at radius 1 is 1.20 bits per heavy atom. The van der Waals surface area contributed by atoms with Crippen LogP contribution >= 0.6 is 11.3 Å². The molecule has 1 heterocycles. The zero-order chi connectivity index (χ0) is 18.4. The molecule has 0 radical (unpaired) electrons. The summed E-state index contributed by atoms with van der Waals surface area (Å²) >= 11 is 1.47. The average Bonchev–Trinajstić information content (AvgIpc) is 3.26. The zero-order valence-corrected chi connectivity index (χ0v) is 16.7. The second-order valence-electron chi connectivity index (χ2n) is 7.09. The van der Waals surface area contributed by atoms with E-state index in [1.54, 1.807) is 0 Å². The summed E-state index contributed by atoms with van der Waals surface area (Å²) in [5.74, 6) is 0.121. The Kier molecular flexibility index (Phi) is 4.83. The third kappa shape index (κ3) is 3.40. The smallest absolute Gasteiger partial charge is 0.241 e. The molecule has 3 rings (SSSR count). The van der Waals surface area contributed by atoms with Gasteiger partial charge in [-0.25, -0.2) is 13.1 Å². The summed E-state index contributed by atoms with van der Waals surface area (Å²) in [5, 5.41) is 13.1. The quantitative estimate of drug-likeness (QED) is 0.806. The molecule has 4 nitrogen and oxygen atoms in total. The summed E-state index contributed by atoms with van der Waals surface area (Å²) in [6, 6.07) is 5.78. The van der Waals surface area contributed by atoms with Crippen LogP contribution in [0.3, 0.4) is 0 Å². The van der Waals surface area contributed by atoms with Gasteiger partial charge in [0.05, 0.1) is 4.90 Å². The summed E-state index contributed by atoms with van der Waals surface area (Å²) in [6.45, 7) is 7.53. The Hall–Kier alpha value is -1.21. The Labute approximate surface area is 154 Å². The van der Waals surface area contributed by atoms with E-state index in [0.29, 0.717) is 4.90 Å². The number of hydrogen-bond acceptors (Lipinski definition) is 4. The molecule has 0 aliphatic heterocycles. The van der Waals surface area contributed by atoms with Crippen LogP contribution in [0.5, 0.6) is 0 Å². The molecule has 1 aliphatic carbocycles. The molecule has 1 aliphatic rings. The maximum Gasteiger partial charge on any atom is 0.241 e. The predicted octanol–water partition coefficient (Wildman–Crippen LogP) is 3.56. The van der Waals surface area contributed by atoms with Crippen LogP contribution in [0.1, 0.15) is 40.0 Å². The van der Waals surface area contributed by atoms with Crippen molar-refractivity contribution in [1.29, 1.82) is 0 Å². The first-order valence-electron chi connectivity index (χ1n) is 8.50. The number of aliphatic hydroxyl groups is 1. The molecule has 0 bridgehead atoms. The predicted molar refractivity (Wildman–Crippen MR) is 102 cm³/mol. The van der Waals surface area contributed by atoms with Crippen LogP contribution in [0, 0.1) is 33.6 Å². The van der Waals surface area contributed by atoms with Gasteiger partial charge in [0.1, 0.15) is 5.60 Å². The van der Waals surface area contributed by atoms with Gasteiger partial charge in [-0.1, -0.05) is 12.1 Å². The molecule has 2 aromatic rings. The largest absolute Gasteiger partial charge is 0.383 e. The van der Waals surface area contributed by atoms with Crippen LogP contribution in [-0.4, -0.2) is 20.1 Å². The lowest BCUT2D eigenvalue weighted by Gasteiger charge is -2.28. The molecule has 1 aromatic heterocycles. The number of benzene rings is 1. The second-order valence-corrected chi connectivity index (χ2v) is 9.74. The number of aryl methyl sites for hydroxylation is 2. The van der Waals surface area contributed by atoms with Gasteiger partial charge < -0.3 is 5.11 Å². The fourth-order valence-electron chi connectivity index (χ4n) is 3.38. The summed E-state index contributed by atoms with van der Waals surface area (Å²) < 4.78 is 28.7. The van der Waals surface area contributed by atoms with E-state index in [-0.39, 0.29) is 12.5 Å². The van der Waals surface area contributed by atoms with Gasteiger partial charge in [-0.15, -0.1) is 11.3 Å². The van der Waals surface area contributed by atoms with Crippen LogP contribution in [0.4, 0.5) is 0 Å². The third-order valence-electron chi connectivity index (χ3n) is 5.30. The standard InChI is InChI=1S/C19H25NO3S2/c1-12-10-13(2)15(4)18(14(12)3)25(22,23)20-11-19(21,16-7-8-16)17-6-5-9-24-17/h5-6,9-10,16,20-21H,7-8,11H2,1-4H3. The van der Waals surface area contributed by atoms with Gasteiger partial charge in [-0.05, 0) is 80.2 Å². The van der Waals surface area contributed by atoms with Crippen molar-refractivity contribution in [2.75, 3.05) is 6.54 Å². The molecule has 25 heavy (non-hydrogen) atoms. The van der Waals surface area contributed by atoms with Gasteiger partial charge in [0.15, 0.2) is 0 Å². The molecule has 1 saturated carbocycles. The van der Waals surface area contributed by atoms with Gasteiger partial charge in [0.2, 0.25) is 10.0 Å². The molecule has 0 saturated heterocycles. The number of hydrogen-bond donors (Lipinski definition) is 2. The molecule has 1 fully saturated rings. The third-order valence-corrected chi connectivity index (χ3v) is 8.01. The van der Waals surface area contributed by atoms with Gasteiger partial charge in [0, 0.05) is 11.4 Å². The molecule has 1 aromatic carbocycles.